The zero-order valence-electron chi connectivity index (χ0n) is 12.5. The van der Waals surface area contributed by atoms with Crippen molar-refractivity contribution in [1.82, 2.24) is 4.90 Å². The number of ether oxygens (including phenoxy) is 1. The molecule has 2 fully saturated rings. The molecule has 4 nitrogen and oxygen atoms in total. The summed E-state index contributed by atoms with van der Waals surface area (Å²) in [4.78, 5) is 14.2. The van der Waals surface area contributed by atoms with Crippen molar-refractivity contribution < 1.29 is 9.53 Å². The van der Waals surface area contributed by atoms with Gasteiger partial charge in [0.1, 0.15) is 5.60 Å². The third-order valence-corrected chi connectivity index (χ3v) is 4.23. The van der Waals surface area contributed by atoms with Crippen molar-refractivity contribution in [3.63, 3.8) is 0 Å². The molecule has 2 N–H and O–H groups in total. The Morgan fingerprint density at radius 2 is 1.95 bits per heavy atom. The van der Waals surface area contributed by atoms with Crippen molar-refractivity contribution >= 4 is 6.09 Å². The van der Waals surface area contributed by atoms with Crippen LogP contribution in [-0.2, 0) is 4.74 Å². The highest BCUT2D eigenvalue weighted by Crippen LogP contribution is 2.34. The summed E-state index contributed by atoms with van der Waals surface area (Å²) in [7, 11) is 0. The van der Waals surface area contributed by atoms with Crippen LogP contribution in [0.4, 0.5) is 4.79 Å². The lowest BCUT2D eigenvalue weighted by molar-refractivity contribution is 0.0152. The lowest BCUT2D eigenvalue weighted by Crippen LogP contribution is -2.45. The molecule has 0 aromatic rings. The van der Waals surface area contributed by atoms with Crippen LogP contribution >= 0.6 is 0 Å². The molecular weight excluding hydrogens is 240 g/mol. The first-order chi connectivity index (χ1) is 8.87. The molecule has 0 radical (unpaired) electrons. The van der Waals surface area contributed by atoms with Crippen LogP contribution < -0.4 is 5.73 Å². The Morgan fingerprint density at radius 1 is 1.21 bits per heavy atom. The molecule has 1 saturated carbocycles. The summed E-state index contributed by atoms with van der Waals surface area (Å²) in [5, 5.41) is 0. The Hall–Kier alpha value is -0.770. The summed E-state index contributed by atoms with van der Waals surface area (Å²) in [6, 6.07) is 0.668. The summed E-state index contributed by atoms with van der Waals surface area (Å²) in [6.07, 6.45) is 6.66. The second-order valence-corrected chi connectivity index (χ2v) is 7.07. The number of carbonyl (C=O) groups is 1. The molecule has 1 amide bonds. The fraction of sp³-hybridized carbons (Fsp3) is 0.933. The molecule has 0 aromatic carbocycles. The van der Waals surface area contributed by atoms with Crippen LogP contribution in [0, 0.1) is 5.92 Å². The van der Waals surface area contributed by atoms with E-state index in [2.05, 4.69) is 0 Å². The fourth-order valence-electron chi connectivity index (χ4n) is 3.45. The van der Waals surface area contributed by atoms with E-state index in [0.29, 0.717) is 18.0 Å². The maximum Gasteiger partial charge on any atom is 0.410 e. The fourth-order valence-corrected chi connectivity index (χ4v) is 3.45. The van der Waals surface area contributed by atoms with E-state index in [9.17, 15) is 4.79 Å². The Balaban J connectivity index is 1.98. The largest absolute Gasteiger partial charge is 0.444 e. The molecule has 0 aromatic heterocycles. The number of hydrogen-bond donors (Lipinski definition) is 1. The zero-order chi connectivity index (χ0) is 14.0. The van der Waals surface area contributed by atoms with Crippen LogP contribution in [0.15, 0.2) is 0 Å². The minimum absolute atomic E-state index is 0.144. The van der Waals surface area contributed by atoms with Crippen LogP contribution in [0.5, 0.6) is 0 Å². The molecule has 1 heterocycles. The molecule has 0 unspecified atom stereocenters. The predicted molar refractivity (Wildman–Crippen MR) is 75.9 cm³/mol. The highest BCUT2D eigenvalue weighted by atomic mass is 16.6. The second kappa shape index (κ2) is 5.70. The average Bonchev–Trinajstić information content (AvgIpc) is 2.75. The smallest absolute Gasteiger partial charge is 0.410 e. The molecule has 4 heteroatoms. The van der Waals surface area contributed by atoms with E-state index in [1.165, 1.54) is 12.8 Å². The Kier molecular flexibility index (Phi) is 4.39. The molecule has 3 atom stereocenters. The lowest BCUT2D eigenvalue weighted by Gasteiger charge is -2.36. The van der Waals surface area contributed by atoms with Gasteiger partial charge in [-0.1, -0.05) is 6.42 Å². The molecule has 2 aliphatic rings. The van der Waals surface area contributed by atoms with E-state index >= 15 is 0 Å². The van der Waals surface area contributed by atoms with Gasteiger partial charge in [-0.3, -0.25) is 0 Å². The number of carbonyl (C=O) groups excluding carboxylic acids is 1. The van der Waals surface area contributed by atoms with Crippen molar-refractivity contribution in [2.75, 3.05) is 6.54 Å². The maximum absolute atomic E-state index is 12.3. The van der Waals surface area contributed by atoms with Gasteiger partial charge < -0.3 is 15.4 Å². The van der Waals surface area contributed by atoms with Crippen LogP contribution in [0.2, 0.25) is 0 Å². The van der Waals surface area contributed by atoms with Crippen molar-refractivity contribution in [2.24, 2.45) is 11.7 Å². The first-order valence-corrected chi connectivity index (χ1v) is 7.62. The third-order valence-electron chi connectivity index (χ3n) is 4.23. The van der Waals surface area contributed by atoms with Gasteiger partial charge in [-0.05, 0) is 58.8 Å². The van der Waals surface area contributed by atoms with Crippen molar-refractivity contribution in [3.05, 3.63) is 0 Å². The highest BCUT2D eigenvalue weighted by Gasteiger charge is 2.38. The number of nitrogens with two attached hydrogens (primary N) is 1. The first-order valence-electron chi connectivity index (χ1n) is 7.62. The lowest BCUT2D eigenvalue weighted by atomic mass is 9.80. The average molecular weight is 268 g/mol. The number of hydrogen-bond acceptors (Lipinski definition) is 3. The Bertz CT molecular complexity index is 325. The van der Waals surface area contributed by atoms with E-state index in [0.717, 1.165) is 32.2 Å². The molecule has 0 spiro atoms. The first kappa shape index (κ1) is 14.6. The molecule has 1 aliphatic heterocycles. The number of rotatable bonds is 1. The Morgan fingerprint density at radius 3 is 2.58 bits per heavy atom. The van der Waals surface area contributed by atoms with Gasteiger partial charge in [0.15, 0.2) is 0 Å². The highest BCUT2D eigenvalue weighted by molar-refractivity contribution is 5.69. The maximum atomic E-state index is 12.3. The van der Waals surface area contributed by atoms with E-state index < -0.39 is 5.60 Å². The van der Waals surface area contributed by atoms with E-state index in [1.807, 2.05) is 25.7 Å². The van der Waals surface area contributed by atoms with Gasteiger partial charge in [-0.25, -0.2) is 4.79 Å². The molecule has 2 rings (SSSR count). The van der Waals surface area contributed by atoms with Gasteiger partial charge in [-0.2, -0.15) is 0 Å². The van der Waals surface area contributed by atoms with Crippen LogP contribution in [0.25, 0.3) is 0 Å². The quantitative estimate of drug-likeness (QED) is 0.795. The molecule has 1 saturated heterocycles. The van der Waals surface area contributed by atoms with Crippen molar-refractivity contribution in [3.8, 4) is 0 Å². The van der Waals surface area contributed by atoms with Gasteiger partial charge in [0, 0.05) is 18.6 Å². The molecule has 110 valence electrons. The standard InChI is InChI=1S/C15H28N2O2/c1-15(2,3)19-14(18)17-9-5-8-13(17)11-6-4-7-12(16)10-11/h11-13H,4-10,16H2,1-3H3/t11-,12-,13+/m0/s1. The molecule has 19 heavy (non-hydrogen) atoms. The SMILES string of the molecule is CC(C)(C)OC(=O)N1CCC[C@@H]1[C@H]1CCC[C@H](N)C1. The van der Waals surface area contributed by atoms with E-state index in [-0.39, 0.29) is 6.09 Å². The summed E-state index contributed by atoms with van der Waals surface area (Å²) in [6.45, 7) is 6.61. The third kappa shape index (κ3) is 3.85. The van der Waals surface area contributed by atoms with Gasteiger partial charge in [0.05, 0.1) is 0 Å². The summed E-state index contributed by atoms with van der Waals surface area (Å²) in [5.74, 6) is 0.568. The van der Waals surface area contributed by atoms with E-state index in [1.54, 1.807) is 0 Å². The number of amides is 1. The van der Waals surface area contributed by atoms with Gasteiger partial charge in [-0.15, -0.1) is 0 Å². The molecule has 1 aliphatic carbocycles. The Labute approximate surface area is 116 Å². The van der Waals surface area contributed by atoms with Crippen LogP contribution in [-0.4, -0.2) is 35.2 Å². The molecular formula is C15H28N2O2. The topological polar surface area (TPSA) is 55.6 Å². The predicted octanol–water partition coefficient (Wildman–Crippen LogP) is 2.90. The number of likely N-dealkylation sites (tertiary alicyclic amines) is 1. The summed E-state index contributed by atoms with van der Waals surface area (Å²) < 4.78 is 5.53. The monoisotopic (exact) mass is 268 g/mol. The number of nitrogens with zero attached hydrogens (tertiary/aromatic N) is 1. The normalized spacial score (nSPS) is 32.4. The summed E-state index contributed by atoms with van der Waals surface area (Å²) >= 11 is 0. The van der Waals surface area contributed by atoms with E-state index in [4.69, 9.17) is 10.5 Å². The van der Waals surface area contributed by atoms with Crippen molar-refractivity contribution in [1.29, 1.82) is 0 Å². The second-order valence-electron chi connectivity index (χ2n) is 7.07. The van der Waals surface area contributed by atoms with Crippen LogP contribution in [0.3, 0.4) is 0 Å². The van der Waals surface area contributed by atoms with Crippen molar-refractivity contribution in [2.45, 2.75) is 77.0 Å². The van der Waals surface area contributed by atoms with Gasteiger partial charge >= 0.3 is 6.09 Å². The van der Waals surface area contributed by atoms with Crippen LogP contribution in [0.1, 0.15) is 59.3 Å². The summed E-state index contributed by atoms with van der Waals surface area (Å²) in [5.41, 5.74) is 5.67. The minimum atomic E-state index is -0.410. The zero-order valence-corrected chi connectivity index (χ0v) is 12.5. The van der Waals surface area contributed by atoms with Gasteiger partial charge in [0.25, 0.3) is 0 Å². The van der Waals surface area contributed by atoms with Gasteiger partial charge in [0.2, 0.25) is 0 Å². The molecule has 0 bridgehead atoms. The minimum Gasteiger partial charge on any atom is -0.444 e.